The number of non-ortho nitro benzene ring substituents is 1. The van der Waals surface area contributed by atoms with Gasteiger partial charge >= 0.3 is 0 Å². The lowest BCUT2D eigenvalue weighted by Crippen LogP contribution is -1.94. The molecule has 0 aliphatic heterocycles. The minimum absolute atomic E-state index is 0.0620. The van der Waals surface area contributed by atoms with E-state index >= 15 is 0 Å². The van der Waals surface area contributed by atoms with E-state index in [1.54, 1.807) is 24.3 Å². The summed E-state index contributed by atoms with van der Waals surface area (Å²) in [4.78, 5) is 10.7. The number of aromatic hydroxyl groups is 1. The smallest absolute Gasteiger partial charge is 0.278 e. The van der Waals surface area contributed by atoms with Crippen LogP contribution in [0.3, 0.4) is 0 Å². The maximum atomic E-state index is 11.2. The van der Waals surface area contributed by atoms with Crippen LogP contribution in [-0.4, -0.2) is 31.1 Å². The zero-order valence-electron chi connectivity index (χ0n) is 10.6. The van der Waals surface area contributed by atoms with Crippen LogP contribution in [-0.2, 0) is 0 Å². The van der Waals surface area contributed by atoms with E-state index in [1.807, 2.05) is 0 Å². The Morgan fingerprint density at radius 3 is 2.57 bits per heavy atom. The second kappa shape index (κ2) is 5.00. The van der Waals surface area contributed by atoms with E-state index in [-0.39, 0.29) is 17.0 Å². The van der Waals surface area contributed by atoms with Crippen molar-refractivity contribution in [2.45, 2.75) is 0 Å². The lowest BCUT2D eigenvalue weighted by molar-refractivity contribution is -0.383. The van der Waals surface area contributed by atoms with Gasteiger partial charge in [0.25, 0.3) is 5.69 Å². The first-order valence-electron chi connectivity index (χ1n) is 5.95. The minimum Gasteiger partial charge on any atom is -0.507 e. The molecule has 3 rings (SSSR count). The van der Waals surface area contributed by atoms with Gasteiger partial charge in [-0.25, -0.2) is 4.68 Å². The summed E-state index contributed by atoms with van der Waals surface area (Å²) in [5, 5.41) is 33.3. The third kappa shape index (κ3) is 2.29. The van der Waals surface area contributed by atoms with E-state index in [2.05, 4.69) is 15.3 Å². The monoisotopic (exact) mass is 283 g/mol. The molecular weight excluding hydrogens is 274 g/mol. The summed E-state index contributed by atoms with van der Waals surface area (Å²) in [6.07, 6.45) is 4.05. The maximum Gasteiger partial charge on any atom is 0.278 e. The highest BCUT2D eigenvalue weighted by Gasteiger charge is 2.17. The molecule has 104 valence electrons. The van der Waals surface area contributed by atoms with Gasteiger partial charge in [-0.3, -0.25) is 10.1 Å². The van der Waals surface area contributed by atoms with E-state index in [1.165, 1.54) is 29.6 Å². The fourth-order valence-corrected chi connectivity index (χ4v) is 2.00. The molecule has 0 atom stereocenters. The number of nitrogens with zero attached hydrogens (tertiary/aromatic N) is 5. The van der Waals surface area contributed by atoms with Crippen molar-refractivity contribution in [2.75, 3.05) is 0 Å². The van der Waals surface area contributed by atoms with E-state index < -0.39 is 4.92 Å². The van der Waals surface area contributed by atoms with Crippen molar-refractivity contribution in [1.82, 2.24) is 14.9 Å². The molecular formula is C13H9N5O3. The Morgan fingerprint density at radius 2 is 1.90 bits per heavy atom. The molecule has 0 radical (unpaired) electrons. The number of nitro groups is 1. The number of fused-ring (bicyclic) bond motifs is 1. The second-order valence-electron chi connectivity index (χ2n) is 4.22. The molecule has 0 unspecified atom stereocenters. The van der Waals surface area contributed by atoms with Crippen LogP contribution in [0.5, 0.6) is 5.75 Å². The van der Waals surface area contributed by atoms with Crippen molar-refractivity contribution in [3.8, 4) is 5.75 Å². The third-order valence-corrected chi connectivity index (χ3v) is 2.96. The third-order valence-electron chi connectivity index (χ3n) is 2.96. The molecule has 0 fully saturated rings. The van der Waals surface area contributed by atoms with E-state index in [0.29, 0.717) is 10.8 Å². The molecule has 0 saturated carbocycles. The first kappa shape index (κ1) is 12.7. The predicted octanol–water partition coefficient (Wildman–Crippen LogP) is 1.93. The number of aromatic nitrogens is 3. The Labute approximate surface area is 118 Å². The number of hydrogen-bond donors (Lipinski definition) is 1. The molecule has 0 bridgehead atoms. The molecule has 0 spiro atoms. The Morgan fingerprint density at radius 1 is 1.24 bits per heavy atom. The highest BCUT2D eigenvalue weighted by atomic mass is 16.6. The number of nitro benzene ring substituents is 1. The van der Waals surface area contributed by atoms with Gasteiger partial charge in [-0.05, 0) is 6.07 Å². The summed E-state index contributed by atoms with van der Waals surface area (Å²) in [6.45, 7) is 0. The highest BCUT2D eigenvalue weighted by molar-refractivity contribution is 6.02. The van der Waals surface area contributed by atoms with Crippen molar-refractivity contribution < 1.29 is 10.0 Å². The summed E-state index contributed by atoms with van der Waals surface area (Å²) >= 11 is 0. The number of benzene rings is 2. The second-order valence-corrected chi connectivity index (χ2v) is 4.22. The Balaban J connectivity index is 2.19. The predicted molar refractivity (Wildman–Crippen MR) is 75.3 cm³/mol. The van der Waals surface area contributed by atoms with Crippen LogP contribution in [0, 0.1) is 10.1 Å². The van der Waals surface area contributed by atoms with Crippen LogP contribution in [0.4, 0.5) is 5.69 Å². The molecule has 0 aliphatic rings. The fraction of sp³-hybridized carbons (Fsp3) is 0. The maximum absolute atomic E-state index is 11.2. The van der Waals surface area contributed by atoms with Crippen molar-refractivity contribution in [3.05, 3.63) is 58.7 Å². The first-order valence-corrected chi connectivity index (χ1v) is 5.95. The molecule has 0 amide bonds. The van der Waals surface area contributed by atoms with Crippen molar-refractivity contribution in [2.24, 2.45) is 5.10 Å². The van der Waals surface area contributed by atoms with Gasteiger partial charge in [0, 0.05) is 17.0 Å². The average Bonchev–Trinajstić information content (AvgIpc) is 3.00. The lowest BCUT2D eigenvalue weighted by atomic mass is 10.0. The van der Waals surface area contributed by atoms with Crippen molar-refractivity contribution in [1.29, 1.82) is 0 Å². The van der Waals surface area contributed by atoms with Gasteiger partial charge in [-0.15, -0.1) is 10.2 Å². The summed E-state index contributed by atoms with van der Waals surface area (Å²) in [6, 6.07) is 7.87. The van der Waals surface area contributed by atoms with Gasteiger partial charge in [0.1, 0.15) is 18.4 Å². The Hall–Kier alpha value is -3.29. The molecule has 8 heteroatoms. The van der Waals surface area contributed by atoms with Gasteiger partial charge in [-0.2, -0.15) is 5.10 Å². The Kier molecular flexibility index (Phi) is 3.03. The first-order chi connectivity index (χ1) is 10.2. The van der Waals surface area contributed by atoms with Gasteiger partial charge in [0.15, 0.2) is 0 Å². The molecule has 21 heavy (non-hydrogen) atoms. The van der Waals surface area contributed by atoms with Crippen LogP contribution >= 0.6 is 0 Å². The summed E-state index contributed by atoms with van der Waals surface area (Å²) in [5.41, 5.74) is 0.155. The summed E-state index contributed by atoms with van der Waals surface area (Å²) in [7, 11) is 0. The Bertz CT molecular complexity index is 842. The van der Waals surface area contributed by atoms with Gasteiger partial charge in [0.05, 0.1) is 16.5 Å². The van der Waals surface area contributed by atoms with E-state index in [9.17, 15) is 15.2 Å². The number of hydrogen-bond acceptors (Lipinski definition) is 6. The normalized spacial score (nSPS) is 11.2. The zero-order chi connectivity index (χ0) is 14.8. The van der Waals surface area contributed by atoms with Gasteiger partial charge < -0.3 is 5.11 Å². The van der Waals surface area contributed by atoms with Crippen molar-refractivity contribution >= 4 is 22.7 Å². The average molecular weight is 283 g/mol. The van der Waals surface area contributed by atoms with Crippen LogP contribution < -0.4 is 0 Å². The molecule has 0 aliphatic carbocycles. The molecule has 1 aromatic heterocycles. The fourth-order valence-electron chi connectivity index (χ4n) is 2.00. The lowest BCUT2D eigenvalue weighted by Gasteiger charge is -2.05. The molecule has 1 heterocycles. The summed E-state index contributed by atoms with van der Waals surface area (Å²) < 4.78 is 1.32. The zero-order valence-corrected chi connectivity index (χ0v) is 10.6. The molecule has 8 nitrogen and oxygen atoms in total. The molecule has 1 N–H and O–H groups in total. The SMILES string of the molecule is O=[N+]([O-])c1cc(C=Nn2cnnc2)c(O)c2ccccc12. The number of phenolic OH excluding ortho intramolecular Hbond substituents is 1. The highest BCUT2D eigenvalue weighted by Crippen LogP contribution is 2.34. The quantitative estimate of drug-likeness (QED) is 0.449. The molecule has 2 aromatic carbocycles. The largest absolute Gasteiger partial charge is 0.507 e. The van der Waals surface area contributed by atoms with Crippen LogP contribution in [0.2, 0.25) is 0 Å². The summed E-state index contributed by atoms with van der Waals surface area (Å²) in [5.74, 6) is -0.0620. The molecule has 3 aromatic rings. The topological polar surface area (TPSA) is 106 Å². The van der Waals surface area contributed by atoms with Crippen molar-refractivity contribution in [3.63, 3.8) is 0 Å². The van der Waals surface area contributed by atoms with E-state index in [0.717, 1.165) is 0 Å². The minimum atomic E-state index is -0.488. The van der Waals surface area contributed by atoms with Gasteiger partial charge in [-0.1, -0.05) is 18.2 Å². The standard InChI is InChI=1S/C13H9N5O3/c19-13-9(6-16-17-7-14-15-8-17)5-12(18(20)21)10-3-1-2-4-11(10)13/h1-8,19H. The van der Waals surface area contributed by atoms with E-state index in [4.69, 9.17) is 0 Å². The van der Waals surface area contributed by atoms with Crippen LogP contribution in [0.15, 0.2) is 48.1 Å². The van der Waals surface area contributed by atoms with Gasteiger partial charge in [0.2, 0.25) is 0 Å². The van der Waals surface area contributed by atoms with Crippen LogP contribution in [0.25, 0.3) is 10.8 Å². The number of rotatable bonds is 3. The van der Waals surface area contributed by atoms with Crippen LogP contribution in [0.1, 0.15) is 5.56 Å². The number of phenols is 1. The molecule has 0 saturated heterocycles.